The van der Waals surface area contributed by atoms with Gasteiger partial charge in [0.2, 0.25) is 0 Å². The number of hydrogen-bond donors (Lipinski definition) is 1. The molecule has 0 aliphatic carbocycles. The molecule has 4 aromatic rings. The lowest BCUT2D eigenvalue weighted by atomic mass is 10.1. The van der Waals surface area contributed by atoms with Crippen molar-refractivity contribution < 1.29 is 8.81 Å². The number of nitrogens with zero attached hydrogens (tertiary/aromatic N) is 2. The molecule has 118 valence electrons. The average Bonchev–Trinajstić information content (AvgIpc) is 3.12. The highest BCUT2D eigenvalue weighted by Gasteiger charge is 2.13. The fourth-order valence-corrected chi connectivity index (χ4v) is 2.54. The number of halogens is 1. The Morgan fingerprint density at radius 2 is 1.88 bits per heavy atom. The summed E-state index contributed by atoms with van der Waals surface area (Å²) in [5, 5.41) is 3.90. The first kappa shape index (κ1) is 14.4. The molecule has 2 aromatic carbocycles. The van der Waals surface area contributed by atoms with Crippen molar-refractivity contribution in [3.05, 3.63) is 72.2 Å². The van der Waals surface area contributed by atoms with Crippen LogP contribution in [-0.2, 0) is 0 Å². The van der Waals surface area contributed by atoms with Crippen LogP contribution in [0, 0.1) is 12.7 Å². The molecule has 4 nitrogen and oxygen atoms in total. The summed E-state index contributed by atoms with van der Waals surface area (Å²) in [6, 6.07) is 16.0. The first-order valence-corrected chi connectivity index (χ1v) is 7.54. The Kier molecular flexibility index (Phi) is 3.46. The smallest absolute Gasteiger partial charge is 0.198 e. The number of anilines is 2. The molecule has 2 heterocycles. The molecule has 24 heavy (non-hydrogen) atoms. The summed E-state index contributed by atoms with van der Waals surface area (Å²) in [5.41, 5.74) is 2.21. The van der Waals surface area contributed by atoms with Gasteiger partial charge < -0.3 is 9.73 Å². The van der Waals surface area contributed by atoms with Crippen LogP contribution >= 0.6 is 0 Å². The van der Waals surface area contributed by atoms with Gasteiger partial charge in [-0.25, -0.2) is 14.4 Å². The van der Waals surface area contributed by atoms with Gasteiger partial charge in [-0.2, -0.15) is 0 Å². The van der Waals surface area contributed by atoms with Crippen molar-refractivity contribution in [3.63, 3.8) is 0 Å². The summed E-state index contributed by atoms with van der Waals surface area (Å²) in [4.78, 5) is 9.08. The monoisotopic (exact) mass is 319 g/mol. The highest BCUT2D eigenvalue weighted by atomic mass is 19.1. The number of rotatable bonds is 3. The quantitative estimate of drug-likeness (QED) is 0.572. The van der Waals surface area contributed by atoms with Crippen LogP contribution in [0.5, 0.6) is 0 Å². The molecule has 2 aromatic heterocycles. The second kappa shape index (κ2) is 5.77. The molecule has 5 heteroatoms. The molecule has 0 saturated carbocycles. The van der Waals surface area contributed by atoms with Gasteiger partial charge in [-0.15, -0.1) is 0 Å². The first-order valence-electron chi connectivity index (χ1n) is 7.54. The maximum absolute atomic E-state index is 14.0. The largest absolute Gasteiger partial charge is 0.461 e. The number of nitrogens with one attached hydrogen (secondary N) is 1. The fourth-order valence-electron chi connectivity index (χ4n) is 2.54. The molecule has 0 radical (unpaired) electrons. The van der Waals surface area contributed by atoms with E-state index in [2.05, 4.69) is 15.3 Å². The van der Waals surface area contributed by atoms with Gasteiger partial charge in [0.1, 0.15) is 11.6 Å². The predicted octanol–water partition coefficient (Wildman–Crippen LogP) is 5.08. The summed E-state index contributed by atoms with van der Waals surface area (Å²) in [7, 11) is 0. The molecule has 0 fully saturated rings. The summed E-state index contributed by atoms with van der Waals surface area (Å²) >= 11 is 0. The zero-order valence-corrected chi connectivity index (χ0v) is 13.0. The van der Waals surface area contributed by atoms with Gasteiger partial charge in [0.05, 0.1) is 17.5 Å². The number of aryl methyl sites for hydroxylation is 1. The Labute approximate surface area is 138 Å². The summed E-state index contributed by atoms with van der Waals surface area (Å²) < 4.78 is 19.4. The SMILES string of the molecule is Cc1ccc2nc(-c3ccco3)nc(Nc3ccccc3F)c2c1. The molecule has 0 aliphatic heterocycles. The Morgan fingerprint density at radius 1 is 1.00 bits per heavy atom. The second-order valence-corrected chi connectivity index (χ2v) is 5.50. The van der Waals surface area contributed by atoms with Crippen LogP contribution in [0.25, 0.3) is 22.5 Å². The molecule has 1 N–H and O–H groups in total. The van der Waals surface area contributed by atoms with Crippen molar-refractivity contribution in [2.24, 2.45) is 0 Å². The van der Waals surface area contributed by atoms with Crippen LogP contribution in [0.3, 0.4) is 0 Å². The Bertz CT molecular complexity index is 1010. The number of benzene rings is 2. The lowest BCUT2D eigenvalue weighted by Crippen LogP contribution is -2.00. The highest BCUT2D eigenvalue weighted by molar-refractivity contribution is 5.92. The predicted molar refractivity (Wildman–Crippen MR) is 91.7 cm³/mol. The van der Waals surface area contributed by atoms with Crippen LogP contribution < -0.4 is 5.32 Å². The van der Waals surface area contributed by atoms with Crippen LogP contribution in [-0.4, -0.2) is 9.97 Å². The lowest BCUT2D eigenvalue weighted by molar-refractivity contribution is 0.577. The molecule has 4 rings (SSSR count). The molecule has 0 unspecified atom stereocenters. The minimum Gasteiger partial charge on any atom is -0.461 e. The van der Waals surface area contributed by atoms with Gasteiger partial charge in [0.25, 0.3) is 0 Å². The normalized spacial score (nSPS) is 10.9. The summed E-state index contributed by atoms with van der Waals surface area (Å²) in [5.74, 6) is 1.22. The van der Waals surface area contributed by atoms with Crippen molar-refractivity contribution >= 4 is 22.4 Å². The van der Waals surface area contributed by atoms with Crippen molar-refractivity contribution in [1.29, 1.82) is 0 Å². The molecule has 0 spiro atoms. The van der Waals surface area contributed by atoms with E-state index >= 15 is 0 Å². The number of aromatic nitrogens is 2. The van der Waals surface area contributed by atoms with Crippen LogP contribution in [0.4, 0.5) is 15.9 Å². The van der Waals surface area contributed by atoms with E-state index in [1.54, 1.807) is 36.6 Å². The zero-order chi connectivity index (χ0) is 16.5. The fraction of sp³-hybridized carbons (Fsp3) is 0.0526. The van der Waals surface area contributed by atoms with Crippen molar-refractivity contribution in [2.75, 3.05) is 5.32 Å². The molecule has 0 saturated heterocycles. The van der Waals surface area contributed by atoms with E-state index in [1.165, 1.54) is 6.07 Å². The zero-order valence-electron chi connectivity index (χ0n) is 13.0. The van der Waals surface area contributed by atoms with E-state index in [0.717, 1.165) is 16.5 Å². The van der Waals surface area contributed by atoms with E-state index in [0.29, 0.717) is 23.1 Å². The minimum atomic E-state index is -0.337. The average molecular weight is 319 g/mol. The maximum Gasteiger partial charge on any atom is 0.198 e. The van der Waals surface area contributed by atoms with Crippen LogP contribution in [0.15, 0.2) is 65.3 Å². The molecule has 0 atom stereocenters. The maximum atomic E-state index is 14.0. The number of furan rings is 1. The Morgan fingerprint density at radius 3 is 2.67 bits per heavy atom. The molecule has 0 bridgehead atoms. The van der Waals surface area contributed by atoms with Gasteiger partial charge >= 0.3 is 0 Å². The van der Waals surface area contributed by atoms with Crippen LogP contribution in [0.1, 0.15) is 5.56 Å². The summed E-state index contributed by atoms with van der Waals surface area (Å²) in [6.07, 6.45) is 1.57. The van der Waals surface area contributed by atoms with E-state index in [-0.39, 0.29) is 5.82 Å². The van der Waals surface area contributed by atoms with E-state index in [1.807, 2.05) is 25.1 Å². The Balaban J connectivity index is 1.91. The van der Waals surface area contributed by atoms with E-state index in [4.69, 9.17) is 4.42 Å². The number of hydrogen-bond acceptors (Lipinski definition) is 4. The van der Waals surface area contributed by atoms with Gasteiger partial charge in [-0.1, -0.05) is 23.8 Å². The number of fused-ring (bicyclic) bond motifs is 1. The molecular weight excluding hydrogens is 305 g/mol. The third-order valence-electron chi connectivity index (χ3n) is 3.72. The van der Waals surface area contributed by atoms with Crippen molar-refractivity contribution in [3.8, 4) is 11.6 Å². The van der Waals surface area contributed by atoms with Gasteiger partial charge in [0.15, 0.2) is 11.6 Å². The second-order valence-electron chi connectivity index (χ2n) is 5.50. The molecule has 0 amide bonds. The summed E-state index contributed by atoms with van der Waals surface area (Å²) in [6.45, 7) is 1.99. The van der Waals surface area contributed by atoms with E-state index < -0.39 is 0 Å². The minimum absolute atomic E-state index is 0.337. The third kappa shape index (κ3) is 2.60. The van der Waals surface area contributed by atoms with Crippen LogP contribution in [0.2, 0.25) is 0 Å². The standard InChI is InChI=1S/C19H14FN3O/c1-12-8-9-15-13(11-12)18(22-16-6-3-2-5-14(16)20)23-19(21-15)17-7-4-10-24-17/h2-11H,1H3,(H,21,22,23). The third-order valence-corrected chi connectivity index (χ3v) is 3.72. The van der Waals surface area contributed by atoms with E-state index in [9.17, 15) is 4.39 Å². The van der Waals surface area contributed by atoms with Gasteiger partial charge in [-0.3, -0.25) is 0 Å². The topological polar surface area (TPSA) is 51.0 Å². The molecule has 0 aliphatic rings. The first-order chi connectivity index (χ1) is 11.7. The lowest BCUT2D eigenvalue weighted by Gasteiger charge is -2.11. The molecular formula is C19H14FN3O. The Hall–Kier alpha value is -3.21. The highest BCUT2D eigenvalue weighted by Crippen LogP contribution is 2.29. The van der Waals surface area contributed by atoms with Crippen molar-refractivity contribution in [1.82, 2.24) is 9.97 Å². The van der Waals surface area contributed by atoms with Gasteiger partial charge in [0, 0.05) is 5.39 Å². The number of para-hydroxylation sites is 1. The van der Waals surface area contributed by atoms with Crippen molar-refractivity contribution in [2.45, 2.75) is 6.92 Å². The van der Waals surface area contributed by atoms with Gasteiger partial charge in [-0.05, 0) is 43.3 Å².